The largest absolute Gasteiger partial charge is 0.422 e. The highest BCUT2D eigenvalue weighted by molar-refractivity contribution is 6.42. The van der Waals surface area contributed by atoms with E-state index in [9.17, 15) is 9.59 Å². The van der Waals surface area contributed by atoms with Gasteiger partial charge < -0.3 is 4.74 Å². The van der Waals surface area contributed by atoms with Crippen molar-refractivity contribution in [2.75, 3.05) is 0 Å². The molecule has 0 aliphatic heterocycles. The van der Waals surface area contributed by atoms with E-state index >= 15 is 0 Å². The summed E-state index contributed by atoms with van der Waals surface area (Å²) < 4.78 is 5.63. The van der Waals surface area contributed by atoms with Gasteiger partial charge in [-0.15, -0.1) is 0 Å². The Hall–Kier alpha value is -3.38. The van der Waals surface area contributed by atoms with Crippen LogP contribution in [-0.2, 0) is 0 Å². The average Bonchev–Trinajstić information content (AvgIpc) is 2.82. The van der Waals surface area contributed by atoms with Crippen LogP contribution in [0.25, 0.3) is 10.8 Å². The minimum atomic E-state index is -0.606. The molecule has 33 heavy (non-hydrogen) atoms. The van der Waals surface area contributed by atoms with Gasteiger partial charge in [-0.25, -0.2) is 10.2 Å². The molecule has 0 aromatic heterocycles. The van der Waals surface area contributed by atoms with E-state index in [0.29, 0.717) is 16.1 Å². The van der Waals surface area contributed by atoms with Crippen molar-refractivity contribution < 1.29 is 14.3 Å². The summed E-state index contributed by atoms with van der Waals surface area (Å²) in [5.74, 6) is -0.809. The normalized spacial score (nSPS) is 11.0. The zero-order valence-corrected chi connectivity index (χ0v) is 19.2. The molecule has 4 rings (SSSR count). The summed E-state index contributed by atoms with van der Waals surface area (Å²) in [6.07, 6.45) is 1.42. The number of rotatable bonds is 5. The van der Waals surface area contributed by atoms with Crippen molar-refractivity contribution in [3.8, 4) is 5.75 Å². The van der Waals surface area contributed by atoms with Crippen molar-refractivity contribution >= 4 is 63.7 Å². The van der Waals surface area contributed by atoms with Crippen LogP contribution < -0.4 is 10.2 Å². The lowest BCUT2D eigenvalue weighted by Gasteiger charge is -2.11. The number of fused-ring (bicyclic) bond motifs is 1. The lowest BCUT2D eigenvalue weighted by atomic mass is 10.0. The van der Waals surface area contributed by atoms with Crippen LogP contribution in [0.2, 0.25) is 15.1 Å². The summed E-state index contributed by atoms with van der Waals surface area (Å²) in [5, 5.41) is 6.65. The molecular weight excluding hydrogens is 483 g/mol. The van der Waals surface area contributed by atoms with E-state index in [1.54, 1.807) is 30.3 Å². The average molecular weight is 498 g/mol. The summed E-state index contributed by atoms with van der Waals surface area (Å²) in [4.78, 5) is 25.1. The van der Waals surface area contributed by atoms with Gasteiger partial charge >= 0.3 is 5.97 Å². The Morgan fingerprint density at radius 2 is 1.58 bits per heavy atom. The third-order valence-electron chi connectivity index (χ3n) is 4.77. The Morgan fingerprint density at radius 1 is 0.818 bits per heavy atom. The summed E-state index contributed by atoms with van der Waals surface area (Å²) in [7, 11) is 0. The van der Waals surface area contributed by atoms with E-state index in [1.165, 1.54) is 24.4 Å². The van der Waals surface area contributed by atoms with E-state index in [1.807, 2.05) is 30.3 Å². The number of benzene rings is 4. The predicted molar refractivity (Wildman–Crippen MR) is 132 cm³/mol. The Bertz CT molecular complexity index is 1400. The molecule has 0 heterocycles. The van der Waals surface area contributed by atoms with E-state index in [0.717, 1.165) is 10.8 Å². The van der Waals surface area contributed by atoms with Gasteiger partial charge in [-0.3, -0.25) is 4.79 Å². The number of halogens is 3. The Kier molecular flexibility index (Phi) is 6.94. The minimum absolute atomic E-state index is 0.239. The first-order chi connectivity index (χ1) is 15.9. The van der Waals surface area contributed by atoms with E-state index in [2.05, 4.69) is 10.5 Å². The number of hydrogen-bond donors (Lipinski definition) is 1. The predicted octanol–water partition coefficient (Wildman–Crippen LogP) is 6.78. The maximum absolute atomic E-state index is 12.7. The van der Waals surface area contributed by atoms with Gasteiger partial charge in [0, 0.05) is 11.1 Å². The van der Waals surface area contributed by atoms with Crippen molar-refractivity contribution in [2.24, 2.45) is 5.10 Å². The Morgan fingerprint density at radius 3 is 2.36 bits per heavy atom. The SMILES string of the molecule is O=C(N/N=C\c1c(OC(=O)c2ccccc2Cl)ccc2ccccc12)c1ccc(Cl)c(Cl)c1. The maximum atomic E-state index is 12.7. The second-order valence-corrected chi connectivity index (χ2v) is 8.12. The topological polar surface area (TPSA) is 67.8 Å². The monoisotopic (exact) mass is 496 g/mol. The quantitative estimate of drug-likeness (QED) is 0.143. The van der Waals surface area contributed by atoms with Crippen LogP contribution in [0.3, 0.4) is 0 Å². The van der Waals surface area contributed by atoms with Crippen molar-refractivity contribution in [1.82, 2.24) is 5.43 Å². The molecule has 0 aliphatic carbocycles. The van der Waals surface area contributed by atoms with Gasteiger partial charge in [0.15, 0.2) is 0 Å². The van der Waals surface area contributed by atoms with Crippen LogP contribution in [0.5, 0.6) is 5.75 Å². The van der Waals surface area contributed by atoms with Gasteiger partial charge in [0.25, 0.3) is 5.91 Å². The van der Waals surface area contributed by atoms with Gasteiger partial charge in [-0.1, -0.05) is 77.3 Å². The fourth-order valence-electron chi connectivity index (χ4n) is 3.14. The zero-order valence-electron chi connectivity index (χ0n) is 16.9. The van der Waals surface area contributed by atoms with E-state index < -0.39 is 11.9 Å². The third-order valence-corrected chi connectivity index (χ3v) is 5.84. The number of hydrazone groups is 1. The molecular formula is C25H15Cl3N2O3. The molecule has 1 N–H and O–H groups in total. The van der Waals surface area contributed by atoms with Gasteiger partial charge in [-0.2, -0.15) is 5.10 Å². The first kappa shape index (κ1) is 22.8. The fraction of sp³-hybridized carbons (Fsp3) is 0. The highest BCUT2D eigenvalue weighted by atomic mass is 35.5. The van der Waals surface area contributed by atoms with Crippen LogP contribution >= 0.6 is 34.8 Å². The summed E-state index contributed by atoms with van der Waals surface area (Å²) in [5.41, 5.74) is 3.50. The zero-order chi connectivity index (χ0) is 23.4. The molecule has 4 aromatic carbocycles. The highest BCUT2D eigenvalue weighted by Gasteiger charge is 2.16. The third kappa shape index (κ3) is 5.17. The lowest BCUT2D eigenvalue weighted by Crippen LogP contribution is -2.17. The number of carbonyl (C=O) groups excluding carboxylic acids is 2. The number of carbonyl (C=O) groups is 2. The highest BCUT2D eigenvalue weighted by Crippen LogP contribution is 2.28. The Balaban J connectivity index is 1.64. The van der Waals surface area contributed by atoms with Crippen molar-refractivity contribution in [1.29, 1.82) is 0 Å². The molecule has 5 nitrogen and oxygen atoms in total. The van der Waals surface area contributed by atoms with Gasteiger partial charge in [0.05, 0.1) is 26.8 Å². The molecule has 0 fully saturated rings. The summed E-state index contributed by atoms with van der Waals surface area (Å²) >= 11 is 18.0. The summed E-state index contributed by atoms with van der Waals surface area (Å²) in [6.45, 7) is 0. The van der Waals surface area contributed by atoms with Crippen molar-refractivity contribution in [3.05, 3.63) is 111 Å². The molecule has 0 bridgehead atoms. The number of amides is 1. The van der Waals surface area contributed by atoms with Gasteiger partial charge in [0.2, 0.25) is 0 Å². The van der Waals surface area contributed by atoms with Crippen LogP contribution in [0.1, 0.15) is 26.3 Å². The summed E-state index contributed by atoms with van der Waals surface area (Å²) in [6, 6.07) is 22.2. The maximum Gasteiger partial charge on any atom is 0.345 e. The first-order valence-electron chi connectivity index (χ1n) is 9.71. The molecule has 0 unspecified atom stereocenters. The minimum Gasteiger partial charge on any atom is -0.422 e. The molecule has 0 saturated heterocycles. The first-order valence-corrected chi connectivity index (χ1v) is 10.8. The van der Waals surface area contributed by atoms with Gasteiger partial charge in [-0.05, 0) is 47.2 Å². The molecule has 0 atom stereocenters. The molecule has 1 amide bonds. The second kappa shape index (κ2) is 10.0. The molecule has 4 aromatic rings. The van der Waals surface area contributed by atoms with E-state index in [4.69, 9.17) is 39.5 Å². The van der Waals surface area contributed by atoms with Crippen LogP contribution in [0, 0.1) is 0 Å². The number of nitrogens with one attached hydrogen (secondary N) is 1. The number of esters is 1. The van der Waals surface area contributed by atoms with Crippen molar-refractivity contribution in [2.45, 2.75) is 0 Å². The molecule has 0 saturated carbocycles. The number of nitrogens with zero attached hydrogens (tertiary/aromatic N) is 1. The van der Waals surface area contributed by atoms with E-state index in [-0.39, 0.29) is 21.4 Å². The van der Waals surface area contributed by atoms with Gasteiger partial charge in [0.1, 0.15) is 5.75 Å². The fourth-order valence-corrected chi connectivity index (χ4v) is 3.65. The number of ether oxygens (including phenoxy) is 1. The molecule has 164 valence electrons. The Labute approximate surface area is 204 Å². The molecule has 0 aliphatic rings. The molecule has 0 radical (unpaired) electrons. The van der Waals surface area contributed by atoms with Crippen LogP contribution in [-0.4, -0.2) is 18.1 Å². The molecule has 0 spiro atoms. The van der Waals surface area contributed by atoms with Crippen LogP contribution in [0.4, 0.5) is 0 Å². The number of hydrogen-bond acceptors (Lipinski definition) is 4. The van der Waals surface area contributed by atoms with Crippen molar-refractivity contribution in [3.63, 3.8) is 0 Å². The second-order valence-electron chi connectivity index (χ2n) is 6.90. The van der Waals surface area contributed by atoms with Crippen LogP contribution in [0.15, 0.2) is 84.0 Å². The smallest absolute Gasteiger partial charge is 0.345 e. The molecule has 8 heteroatoms. The lowest BCUT2D eigenvalue weighted by molar-refractivity contribution is 0.0734. The standard InChI is InChI=1S/C25H15Cl3N2O3/c26-20-8-4-3-7-18(20)25(32)33-23-12-10-15-5-1-2-6-17(15)19(23)14-29-30-24(31)16-9-11-21(27)22(28)13-16/h1-14H,(H,30,31)/b29-14-.